The van der Waals surface area contributed by atoms with Gasteiger partial charge in [0.05, 0.1) is 0 Å². The lowest BCUT2D eigenvalue weighted by molar-refractivity contribution is -0.132. The molecular formula is C17H15N3O3. The Labute approximate surface area is 132 Å². The number of hydrogen-bond acceptors (Lipinski definition) is 4. The van der Waals surface area contributed by atoms with Crippen LogP contribution in [-0.4, -0.2) is 26.9 Å². The normalized spacial score (nSPS) is 14.0. The fourth-order valence-electron chi connectivity index (χ4n) is 2.98. The first-order valence-electron chi connectivity index (χ1n) is 7.51. The molecule has 0 atom stereocenters. The Morgan fingerprint density at radius 2 is 2.00 bits per heavy atom. The number of amides is 1. The van der Waals surface area contributed by atoms with E-state index in [1.165, 1.54) is 10.1 Å². The van der Waals surface area contributed by atoms with Gasteiger partial charge in [-0.25, -0.2) is 14.3 Å². The second-order valence-electron chi connectivity index (χ2n) is 5.61. The Balaban J connectivity index is 1.59. The molecule has 6 heteroatoms. The van der Waals surface area contributed by atoms with E-state index in [0.717, 1.165) is 12.0 Å². The molecular weight excluding hydrogens is 294 g/mol. The average molecular weight is 309 g/mol. The first-order valence-corrected chi connectivity index (χ1v) is 7.51. The van der Waals surface area contributed by atoms with Crippen molar-refractivity contribution in [3.63, 3.8) is 0 Å². The third-order valence-electron chi connectivity index (χ3n) is 4.20. The van der Waals surface area contributed by atoms with E-state index in [2.05, 4.69) is 11.1 Å². The van der Waals surface area contributed by atoms with Gasteiger partial charge in [-0.15, -0.1) is 0 Å². The third-order valence-corrected chi connectivity index (χ3v) is 4.20. The molecule has 0 bridgehead atoms. The van der Waals surface area contributed by atoms with Crippen molar-refractivity contribution in [2.75, 3.05) is 6.54 Å². The lowest BCUT2D eigenvalue weighted by Crippen LogP contribution is -2.39. The van der Waals surface area contributed by atoms with Crippen LogP contribution in [-0.2, 0) is 24.3 Å². The first kappa shape index (κ1) is 13.8. The van der Waals surface area contributed by atoms with Gasteiger partial charge in [0, 0.05) is 19.3 Å². The second kappa shape index (κ2) is 5.39. The highest BCUT2D eigenvalue weighted by Crippen LogP contribution is 2.19. The van der Waals surface area contributed by atoms with Crippen molar-refractivity contribution in [2.24, 2.45) is 0 Å². The van der Waals surface area contributed by atoms with Crippen molar-refractivity contribution in [2.45, 2.75) is 19.5 Å². The maximum absolute atomic E-state index is 12.6. The highest BCUT2D eigenvalue weighted by molar-refractivity contribution is 5.78. The van der Waals surface area contributed by atoms with Crippen LogP contribution in [0, 0.1) is 0 Å². The van der Waals surface area contributed by atoms with E-state index in [-0.39, 0.29) is 12.5 Å². The number of carbonyl (C=O) groups excluding carboxylic acids is 1. The topological polar surface area (TPSA) is 68.3 Å². The fourth-order valence-corrected chi connectivity index (χ4v) is 2.98. The van der Waals surface area contributed by atoms with Gasteiger partial charge in [-0.3, -0.25) is 4.79 Å². The molecule has 116 valence electrons. The van der Waals surface area contributed by atoms with Gasteiger partial charge in [0.1, 0.15) is 6.54 Å². The van der Waals surface area contributed by atoms with Gasteiger partial charge < -0.3 is 9.32 Å². The molecule has 4 rings (SSSR count). The van der Waals surface area contributed by atoms with Crippen LogP contribution in [0.4, 0.5) is 0 Å². The van der Waals surface area contributed by atoms with Crippen molar-refractivity contribution in [3.8, 4) is 0 Å². The van der Waals surface area contributed by atoms with Crippen molar-refractivity contribution in [1.82, 2.24) is 14.5 Å². The van der Waals surface area contributed by atoms with Crippen molar-refractivity contribution in [1.29, 1.82) is 0 Å². The Kier molecular flexibility index (Phi) is 3.22. The van der Waals surface area contributed by atoms with E-state index in [1.807, 2.05) is 18.2 Å². The quantitative estimate of drug-likeness (QED) is 0.720. The number of rotatable bonds is 2. The monoisotopic (exact) mass is 309 g/mol. The average Bonchev–Trinajstić information content (AvgIpc) is 2.90. The van der Waals surface area contributed by atoms with Crippen LogP contribution in [0.15, 0.2) is 51.8 Å². The van der Waals surface area contributed by atoms with E-state index >= 15 is 0 Å². The lowest BCUT2D eigenvalue weighted by Gasteiger charge is -2.28. The van der Waals surface area contributed by atoms with E-state index in [4.69, 9.17) is 4.42 Å². The molecule has 1 aromatic carbocycles. The van der Waals surface area contributed by atoms with Crippen LogP contribution in [0.1, 0.15) is 11.1 Å². The van der Waals surface area contributed by atoms with Gasteiger partial charge in [-0.1, -0.05) is 24.3 Å². The van der Waals surface area contributed by atoms with Crippen molar-refractivity contribution in [3.05, 3.63) is 64.3 Å². The summed E-state index contributed by atoms with van der Waals surface area (Å²) in [6.07, 6.45) is 2.41. The molecule has 0 unspecified atom stereocenters. The maximum Gasteiger partial charge on any atom is 0.421 e. The van der Waals surface area contributed by atoms with E-state index in [9.17, 15) is 9.59 Å². The fraction of sp³-hybridized carbons (Fsp3) is 0.235. The largest absolute Gasteiger partial charge is 0.421 e. The molecule has 0 spiro atoms. The molecule has 6 nitrogen and oxygen atoms in total. The van der Waals surface area contributed by atoms with E-state index < -0.39 is 5.76 Å². The SMILES string of the molecule is O=C(Cn1c(=O)oc2cccnc21)N1CCc2ccccc2C1. The first-order chi connectivity index (χ1) is 11.2. The molecule has 1 amide bonds. The van der Waals surface area contributed by atoms with Crippen LogP contribution < -0.4 is 5.76 Å². The predicted octanol–water partition coefficient (Wildman–Crippen LogP) is 1.57. The molecule has 1 aliphatic rings. The summed E-state index contributed by atoms with van der Waals surface area (Å²) in [6.45, 7) is 1.19. The van der Waals surface area contributed by atoms with Crippen LogP contribution in [0.3, 0.4) is 0 Å². The number of hydrogen-bond donors (Lipinski definition) is 0. The number of nitrogens with zero attached hydrogens (tertiary/aromatic N) is 3. The Morgan fingerprint density at radius 3 is 2.87 bits per heavy atom. The number of carbonyl (C=O) groups is 1. The van der Waals surface area contributed by atoms with Crippen molar-refractivity contribution < 1.29 is 9.21 Å². The summed E-state index contributed by atoms with van der Waals surface area (Å²) in [5.74, 6) is -0.653. The number of pyridine rings is 1. The van der Waals surface area contributed by atoms with Gasteiger partial charge in [-0.2, -0.15) is 0 Å². The number of fused-ring (bicyclic) bond motifs is 2. The summed E-state index contributed by atoms with van der Waals surface area (Å²) >= 11 is 0. The minimum Gasteiger partial charge on any atom is -0.406 e. The van der Waals surface area contributed by atoms with Gasteiger partial charge >= 0.3 is 5.76 Å². The molecule has 23 heavy (non-hydrogen) atoms. The van der Waals surface area contributed by atoms with Crippen molar-refractivity contribution >= 4 is 17.1 Å². The van der Waals surface area contributed by atoms with E-state index in [1.54, 1.807) is 23.2 Å². The van der Waals surface area contributed by atoms with Crippen LogP contribution in [0.25, 0.3) is 11.2 Å². The highest BCUT2D eigenvalue weighted by Gasteiger charge is 2.22. The Morgan fingerprint density at radius 1 is 1.17 bits per heavy atom. The predicted molar refractivity (Wildman–Crippen MR) is 83.8 cm³/mol. The van der Waals surface area contributed by atoms with Gasteiger partial charge in [0.15, 0.2) is 11.2 Å². The molecule has 0 aliphatic carbocycles. The smallest absolute Gasteiger partial charge is 0.406 e. The number of aromatic nitrogens is 2. The molecule has 1 aliphatic heterocycles. The number of benzene rings is 1. The minimum atomic E-state index is -0.551. The van der Waals surface area contributed by atoms with Gasteiger partial charge in [0.2, 0.25) is 5.91 Å². The summed E-state index contributed by atoms with van der Waals surface area (Å²) in [5, 5.41) is 0. The second-order valence-corrected chi connectivity index (χ2v) is 5.61. The molecule has 2 aromatic heterocycles. The van der Waals surface area contributed by atoms with Crippen LogP contribution >= 0.6 is 0 Å². The summed E-state index contributed by atoms with van der Waals surface area (Å²) in [5.41, 5.74) is 3.25. The zero-order valence-electron chi connectivity index (χ0n) is 12.4. The maximum atomic E-state index is 12.6. The van der Waals surface area contributed by atoms with Gasteiger partial charge in [-0.05, 0) is 29.7 Å². The summed E-state index contributed by atoms with van der Waals surface area (Å²) < 4.78 is 6.41. The molecule has 3 heterocycles. The zero-order chi connectivity index (χ0) is 15.8. The Hall–Kier alpha value is -2.89. The van der Waals surface area contributed by atoms with Crippen LogP contribution in [0.5, 0.6) is 0 Å². The number of oxazole rings is 1. The van der Waals surface area contributed by atoms with Gasteiger partial charge in [0.25, 0.3) is 0 Å². The third kappa shape index (κ3) is 2.42. The minimum absolute atomic E-state index is 0.0506. The summed E-state index contributed by atoms with van der Waals surface area (Å²) in [7, 11) is 0. The molecule has 0 N–H and O–H groups in total. The Bertz CT molecular complexity index is 941. The van der Waals surface area contributed by atoms with Crippen LogP contribution in [0.2, 0.25) is 0 Å². The summed E-state index contributed by atoms with van der Waals surface area (Å²) in [6, 6.07) is 11.5. The standard InChI is InChI=1S/C17H15N3O3/c21-15(19-9-7-12-4-1-2-5-13(12)10-19)11-20-16-14(23-17(20)22)6-3-8-18-16/h1-6,8H,7,9-11H2. The molecule has 0 radical (unpaired) electrons. The van der Waals surface area contributed by atoms with E-state index in [0.29, 0.717) is 24.3 Å². The summed E-state index contributed by atoms with van der Waals surface area (Å²) in [4.78, 5) is 30.4. The molecule has 0 fully saturated rings. The molecule has 3 aromatic rings. The molecule has 0 saturated heterocycles. The molecule has 0 saturated carbocycles. The lowest BCUT2D eigenvalue weighted by atomic mass is 10.00. The zero-order valence-corrected chi connectivity index (χ0v) is 12.4. The highest BCUT2D eigenvalue weighted by atomic mass is 16.4.